The molecule has 0 aromatic rings. The Bertz CT molecular complexity index is 296. The number of amides is 2. The van der Waals surface area contributed by atoms with Crippen molar-refractivity contribution in [2.24, 2.45) is 0 Å². The first-order valence-electron chi connectivity index (χ1n) is 6.04. The van der Waals surface area contributed by atoms with Gasteiger partial charge in [-0.15, -0.1) is 0 Å². The minimum absolute atomic E-state index is 0.0503. The molecule has 2 fully saturated rings. The number of carbonyl (C=O) groups is 2. The Hall–Kier alpha value is -1.14. The summed E-state index contributed by atoms with van der Waals surface area (Å²) in [5.74, 6) is -0.802. The molecule has 2 aliphatic heterocycles. The number of nitrogens with one attached hydrogen (secondary N) is 1. The minimum Gasteiger partial charge on any atom is -0.379 e. The smallest absolute Gasteiger partial charge is 0.312 e. The number of hydrogen-bond donors (Lipinski definition) is 1. The van der Waals surface area contributed by atoms with E-state index in [4.69, 9.17) is 4.74 Å². The molecular formula is C11H19N3O3. The maximum absolute atomic E-state index is 12.0. The summed E-state index contributed by atoms with van der Waals surface area (Å²) >= 11 is 0. The molecule has 2 aliphatic rings. The van der Waals surface area contributed by atoms with Crippen molar-refractivity contribution in [1.29, 1.82) is 0 Å². The van der Waals surface area contributed by atoms with E-state index >= 15 is 0 Å². The van der Waals surface area contributed by atoms with Crippen molar-refractivity contribution in [3.8, 4) is 0 Å². The summed E-state index contributed by atoms with van der Waals surface area (Å²) in [6, 6.07) is 0.0503. The van der Waals surface area contributed by atoms with E-state index in [1.54, 1.807) is 11.9 Å². The molecule has 1 N–H and O–H groups in total. The van der Waals surface area contributed by atoms with E-state index in [0.717, 1.165) is 19.5 Å². The molecular weight excluding hydrogens is 222 g/mol. The molecule has 1 atom stereocenters. The Morgan fingerprint density at radius 1 is 1.35 bits per heavy atom. The number of carbonyl (C=O) groups excluding carboxylic acids is 2. The molecule has 6 heteroatoms. The fraction of sp³-hybridized carbons (Fsp3) is 0.818. The van der Waals surface area contributed by atoms with Crippen molar-refractivity contribution in [2.45, 2.75) is 12.5 Å². The zero-order valence-electron chi connectivity index (χ0n) is 10.1. The van der Waals surface area contributed by atoms with E-state index < -0.39 is 5.91 Å². The molecule has 0 radical (unpaired) electrons. The van der Waals surface area contributed by atoms with Crippen LogP contribution >= 0.6 is 0 Å². The lowest BCUT2D eigenvalue weighted by molar-refractivity contribution is -0.152. The Kier molecular flexibility index (Phi) is 3.96. The molecule has 2 rings (SSSR count). The van der Waals surface area contributed by atoms with Gasteiger partial charge in [0, 0.05) is 39.8 Å². The standard InChI is InChI=1S/C11H19N3O3/c1-13(9-2-7-17-8-9)10(15)11(16)14-5-3-12-4-6-14/h9,12H,2-8H2,1H3. The van der Waals surface area contributed by atoms with Crippen molar-refractivity contribution >= 4 is 11.8 Å². The van der Waals surface area contributed by atoms with Crippen LogP contribution in [-0.2, 0) is 14.3 Å². The first-order chi connectivity index (χ1) is 8.20. The van der Waals surface area contributed by atoms with Crippen LogP contribution in [0.15, 0.2) is 0 Å². The van der Waals surface area contributed by atoms with Gasteiger partial charge < -0.3 is 19.9 Å². The number of ether oxygens (including phenoxy) is 1. The molecule has 0 aromatic heterocycles. The Morgan fingerprint density at radius 2 is 2.06 bits per heavy atom. The Morgan fingerprint density at radius 3 is 2.65 bits per heavy atom. The second kappa shape index (κ2) is 5.46. The molecule has 0 saturated carbocycles. The van der Waals surface area contributed by atoms with Crippen molar-refractivity contribution in [1.82, 2.24) is 15.1 Å². The van der Waals surface area contributed by atoms with Crippen LogP contribution < -0.4 is 5.32 Å². The molecule has 17 heavy (non-hydrogen) atoms. The summed E-state index contributed by atoms with van der Waals surface area (Å²) in [7, 11) is 1.68. The number of likely N-dealkylation sites (N-methyl/N-ethyl adjacent to an activating group) is 1. The normalized spacial score (nSPS) is 24.8. The van der Waals surface area contributed by atoms with Crippen LogP contribution in [0.5, 0.6) is 0 Å². The van der Waals surface area contributed by atoms with Crippen LogP contribution in [-0.4, -0.2) is 74.1 Å². The topological polar surface area (TPSA) is 61.9 Å². The number of nitrogens with zero attached hydrogens (tertiary/aromatic N) is 2. The average Bonchev–Trinajstić information content (AvgIpc) is 2.91. The second-order valence-corrected chi connectivity index (χ2v) is 4.48. The van der Waals surface area contributed by atoms with Gasteiger partial charge >= 0.3 is 11.8 Å². The molecule has 2 amide bonds. The van der Waals surface area contributed by atoms with Crippen LogP contribution in [0.3, 0.4) is 0 Å². The monoisotopic (exact) mass is 241 g/mol. The van der Waals surface area contributed by atoms with E-state index in [1.807, 2.05) is 0 Å². The van der Waals surface area contributed by atoms with Crippen molar-refractivity contribution in [2.75, 3.05) is 46.4 Å². The minimum atomic E-state index is -0.414. The summed E-state index contributed by atoms with van der Waals surface area (Å²) in [4.78, 5) is 27.1. The Balaban J connectivity index is 1.91. The molecule has 1 unspecified atom stereocenters. The fourth-order valence-corrected chi connectivity index (χ4v) is 2.15. The van der Waals surface area contributed by atoms with Crippen molar-refractivity contribution in [3.05, 3.63) is 0 Å². The highest BCUT2D eigenvalue weighted by Gasteiger charge is 2.31. The van der Waals surface area contributed by atoms with Crippen LogP contribution in [0.25, 0.3) is 0 Å². The van der Waals surface area contributed by atoms with Gasteiger partial charge in [-0.1, -0.05) is 0 Å². The van der Waals surface area contributed by atoms with Crippen molar-refractivity contribution < 1.29 is 14.3 Å². The van der Waals surface area contributed by atoms with Gasteiger partial charge in [0.25, 0.3) is 0 Å². The quantitative estimate of drug-likeness (QED) is 0.578. The van der Waals surface area contributed by atoms with Crippen LogP contribution in [0.1, 0.15) is 6.42 Å². The first-order valence-corrected chi connectivity index (χ1v) is 6.04. The lowest BCUT2D eigenvalue weighted by atomic mass is 10.2. The van der Waals surface area contributed by atoms with Crippen LogP contribution in [0.4, 0.5) is 0 Å². The van der Waals surface area contributed by atoms with Gasteiger partial charge in [-0.25, -0.2) is 0 Å². The summed E-state index contributed by atoms with van der Waals surface area (Å²) in [6.07, 6.45) is 0.817. The molecule has 0 spiro atoms. The third-order valence-electron chi connectivity index (χ3n) is 3.36. The van der Waals surface area contributed by atoms with Gasteiger partial charge in [0.05, 0.1) is 12.6 Å². The molecule has 0 bridgehead atoms. The van der Waals surface area contributed by atoms with Crippen molar-refractivity contribution in [3.63, 3.8) is 0 Å². The highest BCUT2D eigenvalue weighted by Crippen LogP contribution is 2.11. The molecule has 6 nitrogen and oxygen atoms in total. The summed E-state index contributed by atoms with van der Waals surface area (Å²) in [5.41, 5.74) is 0. The SMILES string of the molecule is CN(C(=O)C(=O)N1CCNCC1)C1CCOC1. The van der Waals surface area contributed by atoms with E-state index in [0.29, 0.717) is 26.3 Å². The zero-order chi connectivity index (χ0) is 12.3. The predicted octanol–water partition coefficient (Wildman–Crippen LogP) is -1.33. The van der Waals surface area contributed by atoms with Gasteiger partial charge in [0.1, 0.15) is 0 Å². The van der Waals surface area contributed by atoms with Crippen LogP contribution in [0, 0.1) is 0 Å². The Labute approximate surface area is 101 Å². The fourth-order valence-electron chi connectivity index (χ4n) is 2.15. The van der Waals surface area contributed by atoms with E-state index in [2.05, 4.69) is 5.32 Å². The highest BCUT2D eigenvalue weighted by atomic mass is 16.5. The third kappa shape index (κ3) is 2.76. The van der Waals surface area contributed by atoms with E-state index in [9.17, 15) is 9.59 Å². The number of hydrogen-bond acceptors (Lipinski definition) is 4. The molecule has 0 aromatic carbocycles. The average molecular weight is 241 g/mol. The summed E-state index contributed by atoms with van der Waals surface area (Å²) in [5, 5.41) is 3.15. The lowest BCUT2D eigenvalue weighted by Gasteiger charge is -2.30. The highest BCUT2D eigenvalue weighted by molar-refractivity contribution is 6.34. The number of piperazine rings is 1. The first kappa shape index (κ1) is 12.3. The van der Waals surface area contributed by atoms with Gasteiger partial charge in [-0.05, 0) is 6.42 Å². The zero-order valence-corrected chi connectivity index (χ0v) is 10.1. The predicted molar refractivity (Wildman–Crippen MR) is 61.4 cm³/mol. The summed E-state index contributed by atoms with van der Waals surface area (Å²) < 4.78 is 5.22. The molecule has 96 valence electrons. The largest absolute Gasteiger partial charge is 0.379 e. The van der Waals surface area contributed by atoms with Gasteiger partial charge in [-0.2, -0.15) is 0 Å². The molecule has 2 saturated heterocycles. The van der Waals surface area contributed by atoms with E-state index in [-0.39, 0.29) is 11.9 Å². The summed E-state index contributed by atoms with van der Waals surface area (Å²) in [6.45, 7) is 3.95. The molecule has 0 aliphatic carbocycles. The molecule has 2 heterocycles. The van der Waals surface area contributed by atoms with Gasteiger partial charge in [-0.3, -0.25) is 9.59 Å². The van der Waals surface area contributed by atoms with Gasteiger partial charge in [0.15, 0.2) is 0 Å². The maximum Gasteiger partial charge on any atom is 0.312 e. The lowest BCUT2D eigenvalue weighted by Crippen LogP contribution is -2.53. The van der Waals surface area contributed by atoms with E-state index in [1.165, 1.54) is 4.90 Å². The second-order valence-electron chi connectivity index (χ2n) is 4.48. The third-order valence-corrected chi connectivity index (χ3v) is 3.36. The van der Waals surface area contributed by atoms with Crippen LogP contribution in [0.2, 0.25) is 0 Å². The maximum atomic E-state index is 12.0. The van der Waals surface area contributed by atoms with Gasteiger partial charge in [0.2, 0.25) is 0 Å². The number of rotatable bonds is 1.